The third kappa shape index (κ3) is 3.99. The van der Waals surface area contributed by atoms with E-state index in [1.54, 1.807) is 6.20 Å². The molecule has 29 heavy (non-hydrogen) atoms. The van der Waals surface area contributed by atoms with E-state index < -0.39 is 0 Å². The van der Waals surface area contributed by atoms with Crippen molar-refractivity contribution in [2.45, 2.75) is 62.4 Å². The Bertz CT molecular complexity index is 841. The highest BCUT2D eigenvalue weighted by Gasteiger charge is 2.49. The molecule has 3 aliphatic rings. The normalized spacial score (nSPS) is 29.5. The molecule has 0 amide bonds. The third-order valence-corrected chi connectivity index (χ3v) is 6.30. The Labute approximate surface area is 175 Å². The number of fused-ring (bicyclic) bond motifs is 1. The zero-order valence-corrected chi connectivity index (χ0v) is 17.1. The van der Waals surface area contributed by atoms with Crippen molar-refractivity contribution in [1.29, 1.82) is 0 Å². The van der Waals surface area contributed by atoms with E-state index >= 15 is 0 Å². The molecule has 2 saturated heterocycles. The van der Waals surface area contributed by atoms with Gasteiger partial charge in [0, 0.05) is 12.2 Å². The van der Waals surface area contributed by atoms with Gasteiger partial charge in [-0.2, -0.15) is 0 Å². The molecule has 2 aromatic rings. The van der Waals surface area contributed by atoms with Crippen molar-refractivity contribution in [2.75, 3.05) is 13.2 Å². The minimum Gasteiger partial charge on any atom is -0.371 e. The molecule has 2 aliphatic heterocycles. The molecular formula is C20H26N6O2S. The van der Waals surface area contributed by atoms with Gasteiger partial charge >= 0.3 is 0 Å². The van der Waals surface area contributed by atoms with Crippen LogP contribution in [0.25, 0.3) is 11.4 Å². The summed E-state index contributed by atoms with van der Waals surface area (Å²) in [5.74, 6) is 0. The van der Waals surface area contributed by atoms with E-state index in [2.05, 4.69) is 25.9 Å². The third-order valence-electron chi connectivity index (χ3n) is 6.06. The summed E-state index contributed by atoms with van der Waals surface area (Å²) >= 11 is 5.54. The van der Waals surface area contributed by atoms with Gasteiger partial charge in [-0.15, -0.1) is 5.10 Å². The number of hydrogen-bond acceptors (Lipinski definition) is 6. The second kappa shape index (κ2) is 8.33. The maximum atomic E-state index is 6.08. The quantitative estimate of drug-likeness (QED) is 0.733. The largest absolute Gasteiger partial charge is 0.371 e. The number of nitrogens with one attached hydrogen (secondary N) is 2. The lowest BCUT2D eigenvalue weighted by molar-refractivity contribution is 0.0624. The summed E-state index contributed by atoms with van der Waals surface area (Å²) in [5.41, 5.74) is 1.56. The van der Waals surface area contributed by atoms with E-state index in [0.29, 0.717) is 24.4 Å². The molecule has 4 unspecified atom stereocenters. The maximum Gasteiger partial charge on any atom is 0.166 e. The van der Waals surface area contributed by atoms with Gasteiger partial charge < -0.3 is 20.1 Å². The van der Waals surface area contributed by atoms with Gasteiger partial charge in [-0.05, 0) is 37.2 Å². The van der Waals surface area contributed by atoms with Crippen molar-refractivity contribution in [2.24, 2.45) is 0 Å². The van der Waals surface area contributed by atoms with Crippen LogP contribution in [0, 0.1) is 0 Å². The molecule has 0 spiro atoms. The summed E-state index contributed by atoms with van der Waals surface area (Å²) in [6.45, 7) is 1.11. The van der Waals surface area contributed by atoms with E-state index in [9.17, 15) is 0 Å². The molecule has 0 aromatic carbocycles. The molecule has 0 bridgehead atoms. The van der Waals surface area contributed by atoms with Crippen molar-refractivity contribution in [1.82, 2.24) is 30.6 Å². The number of nitrogens with zero attached hydrogens (tertiary/aromatic N) is 4. The second-order valence-electron chi connectivity index (χ2n) is 8.02. The molecule has 4 heterocycles. The Morgan fingerprint density at radius 1 is 1.03 bits per heavy atom. The molecule has 1 saturated carbocycles. The highest BCUT2D eigenvalue weighted by molar-refractivity contribution is 7.80. The number of pyridine rings is 1. The van der Waals surface area contributed by atoms with Gasteiger partial charge in [0.2, 0.25) is 0 Å². The van der Waals surface area contributed by atoms with Crippen LogP contribution in [0.4, 0.5) is 0 Å². The minimum absolute atomic E-state index is 0.00311. The number of rotatable bonds is 4. The fourth-order valence-electron chi connectivity index (χ4n) is 4.54. The summed E-state index contributed by atoms with van der Waals surface area (Å²) in [7, 11) is 0. The molecule has 9 heteroatoms. The van der Waals surface area contributed by atoms with Crippen LogP contribution in [0.2, 0.25) is 0 Å². The van der Waals surface area contributed by atoms with Gasteiger partial charge in [-0.3, -0.25) is 4.98 Å². The van der Waals surface area contributed by atoms with Crippen molar-refractivity contribution in [3.63, 3.8) is 0 Å². The smallest absolute Gasteiger partial charge is 0.166 e. The molecule has 1 aliphatic carbocycles. The van der Waals surface area contributed by atoms with Crippen LogP contribution < -0.4 is 10.6 Å². The van der Waals surface area contributed by atoms with Crippen molar-refractivity contribution >= 4 is 17.3 Å². The van der Waals surface area contributed by atoms with E-state index in [0.717, 1.165) is 11.4 Å². The average molecular weight is 415 g/mol. The molecule has 2 aromatic heterocycles. The average Bonchev–Trinajstić information content (AvgIpc) is 3.47. The summed E-state index contributed by atoms with van der Waals surface area (Å²) < 4.78 is 14.0. The maximum absolute atomic E-state index is 6.08. The van der Waals surface area contributed by atoms with Crippen LogP contribution in [0.1, 0.15) is 38.1 Å². The Morgan fingerprint density at radius 2 is 1.90 bits per heavy atom. The molecular weight excluding hydrogens is 388 g/mol. The lowest BCUT2D eigenvalue weighted by atomic mass is 9.96. The second-order valence-corrected chi connectivity index (χ2v) is 8.43. The lowest BCUT2D eigenvalue weighted by Gasteiger charge is -2.26. The van der Waals surface area contributed by atoms with Gasteiger partial charge in [0.15, 0.2) is 5.11 Å². The van der Waals surface area contributed by atoms with Crippen LogP contribution in [0.3, 0.4) is 0 Å². The molecule has 3 fully saturated rings. The Balaban J connectivity index is 1.20. The van der Waals surface area contributed by atoms with Gasteiger partial charge in [-0.25, -0.2) is 4.68 Å². The van der Waals surface area contributed by atoms with E-state index in [1.807, 2.05) is 29.1 Å². The first-order valence-electron chi connectivity index (χ1n) is 10.4. The van der Waals surface area contributed by atoms with Gasteiger partial charge in [0.1, 0.15) is 23.9 Å². The highest BCUT2D eigenvalue weighted by atomic mass is 32.1. The summed E-state index contributed by atoms with van der Waals surface area (Å²) in [4.78, 5) is 4.34. The first-order valence-corrected chi connectivity index (χ1v) is 10.8. The van der Waals surface area contributed by atoms with Crippen molar-refractivity contribution in [3.05, 3.63) is 30.6 Å². The topological polar surface area (TPSA) is 86.1 Å². The zero-order valence-electron chi connectivity index (χ0n) is 16.2. The zero-order chi connectivity index (χ0) is 19.6. The Morgan fingerprint density at radius 3 is 2.72 bits per heavy atom. The fourth-order valence-corrected chi connectivity index (χ4v) is 4.86. The summed E-state index contributed by atoms with van der Waals surface area (Å²) in [6.07, 6.45) is 9.83. The SMILES string of the molecule is S=C(NC1CCCCC1)NC1COC2C1OCC2n1cc(-c2ccccn2)nn1. The monoisotopic (exact) mass is 414 g/mol. The predicted octanol–water partition coefficient (Wildman–Crippen LogP) is 1.84. The van der Waals surface area contributed by atoms with Crippen LogP contribution >= 0.6 is 12.2 Å². The standard InChI is InChI=1S/C20H26N6O2S/c29-20(22-13-6-2-1-3-7-13)23-16-11-27-19-17(12-28-18(16)19)26-10-15(24-25-26)14-8-4-5-9-21-14/h4-5,8-10,13,16-19H,1-3,6-7,11-12H2,(H2,22,23,29). The van der Waals surface area contributed by atoms with Gasteiger partial charge in [0.05, 0.1) is 31.1 Å². The van der Waals surface area contributed by atoms with Crippen molar-refractivity contribution < 1.29 is 9.47 Å². The van der Waals surface area contributed by atoms with Crippen LogP contribution in [0.15, 0.2) is 30.6 Å². The molecule has 2 N–H and O–H groups in total. The predicted molar refractivity (Wildman–Crippen MR) is 111 cm³/mol. The Hall–Kier alpha value is -2.10. The van der Waals surface area contributed by atoms with E-state index in [1.165, 1.54) is 32.1 Å². The molecule has 154 valence electrons. The minimum atomic E-state index is -0.0664. The first-order chi connectivity index (χ1) is 14.3. The number of thiocarbonyl (C=S) groups is 1. The van der Waals surface area contributed by atoms with Gasteiger partial charge in [-0.1, -0.05) is 30.5 Å². The van der Waals surface area contributed by atoms with Crippen molar-refractivity contribution in [3.8, 4) is 11.4 Å². The molecule has 8 nitrogen and oxygen atoms in total. The lowest BCUT2D eigenvalue weighted by Crippen LogP contribution is -2.50. The molecule has 4 atom stereocenters. The van der Waals surface area contributed by atoms with Crippen LogP contribution in [0.5, 0.6) is 0 Å². The fraction of sp³-hybridized carbons (Fsp3) is 0.600. The molecule has 0 radical (unpaired) electrons. The Kier molecular flexibility index (Phi) is 5.43. The number of hydrogen-bond donors (Lipinski definition) is 2. The van der Waals surface area contributed by atoms with E-state index in [4.69, 9.17) is 21.7 Å². The number of ether oxygens (including phenoxy) is 2. The van der Waals surface area contributed by atoms with Crippen LogP contribution in [-0.4, -0.2) is 62.6 Å². The first kappa shape index (κ1) is 18.9. The van der Waals surface area contributed by atoms with Gasteiger partial charge in [0.25, 0.3) is 0 Å². The summed E-state index contributed by atoms with van der Waals surface area (Å²) in [6, 6.07) is 6.28. The van der Waals surface area contributed by atoms with Crippen LogP contribution in [-0.2, 0) is 9.47 Å². The van der Waals surface area contributed by atoms with E-state index in [-0.39, 0.29) is 24.3 Å². The number of aromatic nitrogens is 4. The molecule has 5 rings (SSSR count). The highest BCUT2D eigenvalue weighted by Crippen LogP contribution is 2.34. The summed E-state index contributed by atoms with van der Waals surface area (Å²) in [5, 5.41) is 16.2.